The zero-order chi connectivity index (χ0) is 8.97. The van der Waals surface area contributed by atoms with Gasteiger partial charge in [-0.2, -0.15) is 5.10 Å². The Kier molecular flexibility index (Phi) is 3.28. The van der Waals surface area contributed by atoms with Gasteiger partial charge in [0, 0.05) is 19.7 Å². The van der Waals surface area contributed by atoms with E-state index >= 15 is 0 Å². The summed E-state index contributed by atoms with van der Waals surface area (Å²) >= 11 is 3.28. The lowest BCUT2D eigenvalue weighted by Gasteiger charge is -2.01. The summed E-state index contributed by atoms with van der Waals surface area (Å²) in [4.78, 5) is 10.5. The first kappa shape index (κ1) is 9.25. The van der Waals surface area contributed by atoms with Gasteiger partial charge >= 0.3 is 0 Å². The zero-order valence-electron chi connectivity index (χ0n) is 6.75. The van der Waals surface area contributed by atoms with Crippen molar-refractivity contribution < 1.29 is 4.79 Å². The van der Waals surface area contributed by atoms with Crippen LogP contribution in [-0.2, 0) is 11.3 Å². The third kappa shape index (κ3) is 3.04. The number of hydrogen-bond donors (Lipinski definition) is 1. The predicted molar refractivity (Wildman–Crippen MR) is 48.6 cm³/mol. The highest BCUT2D eigenvalue weighted by molar-refractivity contribution is 9.10. The van der Waals surface area contributed by atoms with E-state index < -0.39 is 0 Å². The first-order valence-electron chi connectivity index (χ1n) is 3.61. The van der Waals surface area contributed by atoms with Crippen LogP contribution in [0.2, 0.25) is 0 Å². The molecule has 0 unspecified atom stereocenters. The second-order valence-corrected chi connectivity index (χ2v) is 3.32. The van der Waals surface area contributed by atoms with Crippen LogP contribution in [0.3, 0.4) is 0 Å². The maximum absolute atomic E-state index is 10.5. The Hall–Kier alpha value is -0.840. The van der Waals surface area contributed by atoms with Gasteiger partial charge in [-0.15, -0.1) is 0 Å². The van der Waals surface area contributed by atoms with Crippen molar-refractivity contribution in [3.63, 3.8) is 0 Å². The summed E-state index contributed by atoms with van der Waals surface area (Å²) < 4.78 is 2.71. The molecule has 1 heterocycles. The van der Waals surface area contributed by atoms with Gasteiger partial charge in [-0.3, -0.25) is 9.48 Å². The highest BCUT2D eigenvalue weighted by Gasteiger charge is 1.94. The predicted octanol–water partition coefficient (Wildman–Crippen LogP) is 0.782. The van der Waals surface area contributed by atoms with E-state index in [9.17, 15) is 4.79 Å². The molecule has 0 aliphatic heterocycles. The van der Waals surface area contributed by atoms with Crippen LogP contribution < -0.4 is 5.32 Å². The topological polar surface area (TPSA) is 46.9 Å². The number of aromatic nitrogens is 2. The van der Waals surface area contributed by atoms with Gasteiger partial charge in [0.05, 0.1) is 17.2 Å². The molecule has 0 atom stereocenters. The van der Waals surface area contributed by atoms with Gasteiger partial charge in [-0.25, -0.2) is 0 Å². The second kappa shape index (κ2) is 4.25. The van der Waals surface area contributed by atoms with Crippen LogP contribution in [0.15, 0.2) is 16.9 Å². The Morgan fingerprint density at radius 2 is 2.58 bits per heavy atom. The molecule has 0 saturated heterocycles. The van der Waals surface area contributed by atoms with E-state index in [4.69, 9.17) is 0 Å². The third-order valence-corrected chi connectivity index (χ3v) is 1.73. The minimum Gasteiger partial charge on any atom is -0.354 e. The maximum atomic E-state index is 10.5. The number of rotatable bonds is 3. The molecule has 1 rings (SSSR count). The number of amides is 1. The van der Waals surface area contributed by atoms with Crippen molar-refractivity contribution in [3.8, 4) is 0 Å². The molecule has 0 saturated carbocycles. The number of carbonyl (C=O) groups excluding carboxylic acids is 1. The fraction of sp³-hybridized carbons (Fsp3) is 0.429. The van der Waals surface area contributed by atoms with Crippen molar-refractivity contribution in [1.29, 1.82) is 0 Å². The summed E-state index contributed by atoms with van der Waals surface area (Å²) in [5.41, 5.74) is 0. The van der Waals surface area contributed by atoms with Crippen molar-refractivity contribution in [2.24, 2.45) is 0 Å². The lowest BCUT2D eigenvalue weighted by Crippen LogP contribution is -2.24. The number of carbonyl (C=O) groups is 1. The molecular weight excluding hydrogens is 222 g/mol. The quantitative estimate of drug-likeness (QED) is 0.837. The molecule has 1 aromatic heterocycles. The molecule has 0 aliphatic carbocycles. The van der Waals surface area contributed by atoms with Crippen LogP contribution >= 0.6 is 15.9 Å². The van der Waals surface area contributed by atoms with Crippen LogP contribution in [0.25, 0.3) is 0 Å². The molecule has 0 fully saturated rings. The molecule has 0 bridgehead atoms. The Morgan fingerprint density at radius 1 is 1.83 bits per heavy atom. The summed E-state index contributed by atoms with van der Waals surface area (Å²) in [5.74, 6) is -0.0128. The van der Waals surface area contributed by atoms with Gasteiger partial charge in [-0.05, 0) is 15.9 Å². The van der Waals surface area contributed by atoms with Gasteiger partial charge in [0.25, 0.3) is 0 Å². The van der Waals surface area contributed by atoms with E-state index in [1.54, 1.807) is 10.9 Å². The van der Waals surface area contributed by atoms with Gasteiger partial charge in [0.15, 0.2) is 0 Å². The third-order valence-electron chi connectivity index (χ3n) is 1.32. The summed E-state index contributed by atoms with van der Waals surface area (Å²) in [6, 6.07) is 0. The molecule has 0 spiro atoms. The van der Waals surface area contributed by atoms with Crippen LogP contribution in [0, 0.1) is 0 Å². The number of hydrogen-bond acceptors (Lipinski definition) is 2. The minimum absolute atomic E-state index is 0.0128. The van der Waals surface area contributed by atoms with E-state index in [1.807, 2.05) is 6.20 Å². The van der Waals surface area contributed by atoms with Crippen molar-refractivity contribution in [1.82, 2.24) is 15.1 Å². The van der Waals surface area contributed by atoms with Crippen molar-refractivity contribution in [2.75, 3.05) is 6.54 Å². The lowest BCUT2D eigenvalue weighted by molar-refractivity contribution is -0.118. The molecule has 1 N–H and O–H groups in total. The van der Waals surface area contributed by atoms with Crippen molar-refractivity contribution in [2.45, 2.75) is 13.5 Å². The Bertz CT molecular complexity index is 271. The van der Waals surface area contributed by atoms with Gasteiger partial charge < -0.3 is 5.32 Å². The molecule has 5 heteroatoms. The summed E-state index contributed by atoms with van der Waals surface area (Å²) in [7, 11) is 0. The van der Waals surface area contributed by atoms with Gasteiger partial charge in [0.2, 0.25) is 5.91 Å². The SMILES string of the molecule is CC(=O)NCCn1cc(Br)cn1. The average molecular weight is 232 g/mol. The monoisotopic (exact) mass is 231 g/mol. The first-order chi connectivity index (χ1) is 5.68. The molecule has 1 aromatic rings. The molecular formula is C7H10BrN3O. The summed E-state index contributed by atoms with van der Waals surface area (Å²) in [6.45, 7) is 2.81. The Balaban J connectivity index is 2.29. The largest absolute Gasteiger partial charge is 0.354 e. The normalized spacial score (nSPS) is 9.83. The fourth-order valence-corrected chi connectivity index (χ4v) is 1.14. The van der Waals surface area contributed by atoms with Crippen LogP contribution in [0.4, 0.5) is 0 Å². The van der Waals surface area contributed by atoms with E-state index in [0.29, 0.717) is 13.1 Å². The van der Waals surface area contributed by atoms with E-state index in [1.165, 1.54) is 6.92 Å². The molecule has 66 valence electrons. The highest BCUT2D eigenvalue weighted by Crippen LogP contribution is 2.05. The molecule has 12 heavy (non-hydrogen) atoms. The average Bonchev–Trinajstić information content (AvgIpc) is 2.35. The molecule has 0 radical (unpaired) electrons. The summed E-state index contributed by atoms with van der Waals surface area (Å²) in [6.07, 6.45) is 3.58. The highest BCUT2D eigenvalue weighted by atomic mass is 79.9. The van der Waals surface area contributed by atoms with E-state index in [0.717, 1.165) is 4.47 Å². The van der Waals surface area contributed by atoms with Crippen molar-refractivity contribution >= 4 is 21.8 Å². The molecule has 4 nitrogen and oxygen atoms in total. The maximum Gasteiger partial charge on any atom is 0.216 e. The smallest absolute Gasteiger partial charge is 0.216 e. The second-order valence-electron chi connectivity index (χ2n) is 2.40. The fourth-order valence-electron chi connectivity index (χ4n) is 0.807. The molecule has 0 aromatic carbocycles. The Morgan fingerprint density at radius 3 is 3.08 bits per heavy atom. The number of nitrogens with zero attached hydrogens (tertiary/aromatic N) is 2. The minimum atomic E-state index is -0.0128. The zero-order valence-corrected chi connectivity index (χ0v) is 8.34. The van der Waals surface area contributed by atoms with Gasteiger partial charge in [-0.1, -0.05) is 0 Å². The van der Waals surface area contributed by atoms with Crippen LogP contribution in [0.1, 0.15) is 6.92 Å². The van der Waals surface area contributed by atoms with Crippen LogP contribution in [0.5, 0.6) is 0 Å². The van der Waals surface area contributed by atoms with Gasteiger partial charge in [0.1, 0.15) is 0 Å². The molecule has 1 amide bonds. The first-order valence-corrected chi connectivity index (χ1v) is 4.40. The standard InChI is InChI=1S/C7H10BrN3O/c1-6(12)9-2-3-11-5-7(8)4-10-11/h4-5H,2-3H2,1H3,(H,9,12). The van der Waals surface area contributed by atoms with Crippen molar-refractivity contribution in [3.05, 3.63) is 16.9 Å². The van der Waals surface area contributed by atoms with E-state index in [-0.39, 0.29) is 5.91 Å². The Labute approximate surface area is 79.1 Å². The lowest BCUT2D eigenvalue weighted by atomic mass is 10.6. The number of nitrogens with one attached hydrogen (secondary N) is 1. The summed E-state index contributed by atoms with van der Waals surface area (Å²) in [5, 5.41) is 6.72. The van der Waals surface area contributed by atoms with E-state index in [2.05, 4.69) is 26.3 Å². The number of halogens is 1. The molecule has 0 aliphatic rings. The van der Waals surface area contributed by atoms with Crippen LogP contribution in [-0.4, -0.2) is 22.2 Å².